The van der Waals surface area contributed by atoms with Crippen LogP contribution >= 0.6 is 11.8 Å². The lowest BCUT2D eigenvalue weighted by Gasteiger charge is -2.11. The molecule has 1 aliphatic rings. The lowest BCUT2D eigenvalue weighted by atomic mass is 10.1. The molecule has 0 radical (unpaired) electrons. The monoisotopic (exact) mass is 372 g/mol. The van der Waals surface area contributed by atoms with Crippen LogP contribution in [0, 0.1) is 0 Å². The maximum Gasteiger partial charge on any atom is 0.251 e. The minimum Gasteiger partial charge on any atom is -0.493 e. The number of fused-ring (bicyclic) bond motifs is 1. The molecule has 6 nitrogen and oxygen atoms in total. The fourth-order valence-electron chi connectivity index (χ4n) is 2.64. The third kappa shape index (κ3) is 4.11. The first-order valence-corrected chi connectivity index (χ1v) is 9.15. The van der Waals surface area contributed by atoms with Gasteiger partial charge in [0.05, 0.1) is 19.9 Å². The Bertz CT molecular complexity index is 838. The molecule has 3 rings (SSSR count). The SMILES string of the molecule is COc1ccc(CNC(=O)c2ccc3c(c2)NC(=O)CCS3)cc1OC. The largest absolute Gasteiger partial charge is 0.493 e. The molecule has 136 valence electrons. The van der Waals surface area contributed by atoms with Crippen molar-refractivity contribution in [2.45, 2.75) is 17.9 Å². The fourth-order valence-corrected chi connectivity index (χ4v) is 3.57. The molecule has 2 aromatic carbocycles. The molecule has 2 aromatic rings. The van der Waals surface area contributed by atoms with E-state index < -0.39 is 0 Å². The van der Waals surface area contributed by atoms with Gasteiger partial charge in [0, 0.05) is 29.2 Å². The molecule has 0 unspecified atom stereocenters. The third-order valence-electron chi connectivity index (χ3n) is 4.00. The smallest absolute Gasteiger partial charge is 0.251 e. The molecule has 26 heavy (non-hydrogen) atoms. The van der Waals surface area contributed by atoms with Crippen LogP contribution < -0.4 is 20.1 Å². The van der Waals surface area contributed by atoms with Crippen molar-refractivity contribution in [3.8, 4) is 11.5 Å². The summed E-state index contributed by atoms with van der Waals surface area (Å²) in [5.41, 5.74) is 2.10. The molecule has 0 aliphatic carbocycles. The van der Waals surface area contributed by atoms with E-state index in [9.17, 15) is 9.59 Å². The lowest BCUT2D eigenvalue weighted by Crippen LogP contribution is -2.23. The molecule has 0 spiro atoms. The topological polar surface area (TPSA) is 76.7 Å². The van der Waals surface area contributed by atoms with Crippen LogP contribution in [-0.4, -0.2) is 31.8 Å². The van der Waals surface area contributed by atoms with Crippen molar-refractivity contribution in [1.82, 2.24) is 5.32 Å². The molecule has 7 heteroatoms. The highest BCUT2D eigenvalue weighted by Crippen LogP contribution is 2.31. The number of benzene rings is 2. The zero-order valence-corrected chi connectivity index (χ0v) is 15.4. The number of carbonyl (C=O) groups is 2. The molecule has 0 saturated carbocycles. The molecule has 0 saturated heterocycles. The number of anilines is 1. The zero-order chi connectivity index (χ0) is 18.5. The van der Waals surface area contributed by atoms with Gasteiger partial charge in [-0.25, -0.2) is 0 Å². The van der Waals surface area contributed by atoms with Crippen LogP contribution in [0.5, 0.6) is 11.5 Å². The number of rotatable bonds is 5. The highest BCUT2D eigenvalue weighted by Gasteiger charge is 2.16. The van der Waals surface area contributed by atoms with Gasteiger partial charge >= 0.3 is 0 Å². The van der Waals surface area contributed by atoms with Crippen LogP contribution in [-0.2, 0) is 11.3 Å². The van der Waals surface area contributed by atoms with Crippen LogP contribution in [0.3, 0.4) is 0 Å². The van der Waals surface area contributed by atoms with Crippen LogP contribution in [0.2, 0.25) is 0 Å². The maximum atomic E-state index is 12.5. The molecule has 0 atom stereocenters. The predicted molar refractivity (Wildman–Crippen MR) is 101 cm³/mol. The summed E-state index contributed by atoms with van der Waals surface area (Å²) in [6.07, 6.45) is 0.472. The standard InChI is InChI=1S/C19H20N2O4S/c1-24-15-5-3-12(9-16(15)25-2)11-20-19(23)13-4-6-17-14(10-13)21-18(22)7-8-26-17/h3-6,9-10H,7-8,11H2,1-2H3,(H,20,23)(H,21,22). The number of hydrogen-bond acceptors (Lipinski definition) is 5. The Kier molecular flexibility index (Phi) is 5.68. The Morgan fingerprint density at radius 1 is 1.15 bits per heavy atom. The van der Waals surface area contributed by atoms with Crippen molar-refractivity contribution in [3.05, 3.63) is 47.5 Å². The van der Waals surface area contributed by atoms with E-state index in [4.69, 9.17) is 9.47 Å². The van der Waals surface area contributed by atoms with Crippen molar-refractivity contribution < 1.29 is 19.1 Å². The highest BCUT2D eigenvalue weighted by molar-refractivity contribution is 7.99. The number of thioether (sulfide) groups is 1. The summed E-state index contributed by atoms with van der Waals surface area (Å²) in [5.74, 6) is 1.76. The number of carbonyl (C=O) groups excluding carboxylic acids is 2. The summed E-state index contributed by atoms with van der Waals surface area (Å²) in [6, 6.07) is 10.9. The fraction of sp³-hybridized carbons (Fsp3) is 0.263. The Morgan fingerprint density at radius 2 is 1.96 bits per heavy atom. The minimum absolute atomic E-state index is 0.0286. The van der Waals surface area contributed by atoms with E-state index in [-0.39, 0.29) is 11.8 Å². The van der Waals surface area contributed by atoms with Gasteiger partial charge in [0.25, 0.3) is 5.91 Å². The predicted octanol–water partition coefficient (Wildman–Crippen LogP) is 3.07. The first kappa shape index (κ1) is 18.1. The Hall–Kier alpha value is -2.67. The second-order valence-corrected chi connectivity index (χ2v) is 6.87. The van der Waals surface area contributed by atoms with Gasteiger partial charge in [-0.2, -0.15) is 0 Å². The summed E-state index contributed by atoms with van der Waals surface area (Å²) >= 11 is 1.61. The second-order valence-electron chi connectivity index (χ2n) is 5.73. The van der Waals surface area contributed by atoms with Crippen LogP contribution in [0.1, 0.15) is 22.3 Å². The summed E-state index contributed by atoms with van der Waals surface area (Å²) < 4.78 is 10.5. The van der Waals surface area contributed by atoms with E-state index in [0.29, 0.717) is 35.7 Å². The first-order chi connectivity index (χ1) is 12.6. The summed E-state index contributed by atoms with van der Waals surface area (Å²) in [6.45, 7) is 0.359. The maximum absolute atomic E-state index is 12.5. The summed E-state index contributed by atoms with van der Waals surface area (Å²) in [4.78, 5) is 25.1. The Labute approximate surface area is 156 Å². The van der Waals surface area contributed by atoms with Gasteiger partial charge in [0.15, 0.2) is 11.5 Å². The average Bonchev–Trinajstić information content (AvgIpc) is 2.85. The third-order valence-corrected chi connectivity index (χ3v) is 5.08. The molecule has 1 aliphatic heterocycles. The van der Waals surface area contributed by atoms with Crippen molar-refractivity contribution >= 4 is 29.3 Å². The van der Waals surface area contributed by atoms with Gasteiger partial charge in [-0.15, -0.1) is 11.8 Å². The molecule has 0 fully saturated rings. The van der Waals surface area contributed by atoms with Crippen LogP contribution in [0.25, 0.3) is 0 Å². The molecule has 0 aromatic heterocycles. The van der Waals surface area contributed by atoms with Gasteiger partial charge in [-0.05, 0) is 35.9 Å². The van der Waals surface area contributed by atoms with E-state index >= 15 is 0 Å². The average molecular weight is 372 g/mol. The number of nitrogens with one attached hydrogen (secondary N) is 2. The van der Waals surface area contributed by atoms with E-state index in [1.165, 1.54) is 0 Å². The lowest BCUT2D eigenvalue weighted by molar-refractivity contribution is -0.115. The van der Waals surface area contributed by atoms with Gasteiger partial charge in [0.1, 0.15) is 0 Å². The van der Waals surface area contributed by atoms with Gasteiger partial charge in [0.2, 0.25) is 5.91 Å². The van der Waals surface area contributed by atoms with E-state index in [2.05, 4.69) is 10.6 Å². The summed E-state index contributed by atoms with van der Waals surface area (Å²) in [7, 11) is 3.15. The molecule has 2 amide bonds. The van der Waals surface area contributed by atoms with Crippen molar-refractivity contribution in [2.24, 2.45) is 0 Å². The quantitative estimate of drug-likeness (QED) is 0.844. The summed E-state index contributed by atoms with van der Waals surface area (Å²) in [5, 5.41) is 5.73. The molecular weight excluding hydrogens is 352 g/mol. The molecular formula is C19H20N2O4S. The van der Waals surface area contributed by atoms with E-state index in [1.54, 1.807) is 44.2 Å². The van der Waals surface area contributed by atoms with E-state index in [0.717, 1.165) is 16.2 Å². The van der Waals surface area contributed by atoms with Crippen molar-refractivity contribution in [2.75, 3.05) is 25.3 Å². The highest BCUT2D eigenvalue weighted by atomic mass is 32.2. The van der Waals surface area contributed by atoms with Crippen LogP contribution in [0.15, 0.2) is 41.3 Å². The molecule has 0 bridgehead atoms. The van der Waals surface area contributed by atoms with Gasteiger partial charge < -0.3 is 20.1 Å². The van der Waals surface area contributed by atoms with Gasteiger partial charge in [-0.1, -0.05) is 6.07 Å². The van der Waals surface area contributed by atoms with Crippen molar-refractivity contribution in [3.63, 3.8) is 0 Å². The molecule has 1 heterocycles. The molecule has 2 N–H and O–H groups in total. The minimum atomic E-state index is -0.203. The Balaban J connectivity index is 1.70. The van der Waals surface area contributed by atoms with Crippen LogP contribution in [0.4, 0.5) is 5.69 Å². The van der Waals surface area contributed by atoms with E-state index in [1.807, 2.05) is 18.2 Å². The number of amides is 2. The number of methoxy groups -OCH3 is 2. The van der Waals surface area contributed by atoms with Crippen molar-refractivity contribution in [1.29, 1.82) is 0 Å². The first-order valence-electron chi connectivity index (χ1n) is 8.16. The van der Waals surface area contributed by atoms with Gasteiger partial charge in [-0.3, -0.25) is 9.59 Å². The Morgan fingerprint density at radius 3 is 2.73 bits per heavy atom. The number of hydrogen-bond donors (Lipinski definition) is 2. The normalized spacial score (nSPS) is 13.2. The number of ether oxygens (including phenoxy) is 2. The second kappa shape index (κ2) is 8.14. The zero-order valence-electron chi connectivity index (χ0n) is 14.6.